The molecule has 0 unspecified atom stereocenters. The van der Waals surface area contributed by atoms with Gasteiger partial charge < -0.3 is 20.5 Å². The summed E-state index contributed by atoms with van der Waals surface area (Å²) in [7, 11) is 1.58. The molecule has 0 bridgehead atoms. The van der Waals surface area contributed by atoms with Crippen LogP contribution in [0.25, 0.3) is 0 Å². The fourth-order valence-corrected chi connectivity index (χ4v) is 2.52. The molecule has 146 valence electrons. The number of ether oxygens (including phenoxy) is 2. The lowest BCUT2D eigenvalue weighted by atomic mass is 10.1. The lowest BCUT2D eigenvalue weighted by molar-refractivity contribution is 0.102. The summed E-state index contributed by atoms with van der Waals surface area (Å²) in [5.41, 5.74) is 7.80. The van der Waals surface area contributed by atoms with E-state index in [1.807, 2.05) is 30.3 Å². The number of pyridine rings is 1. The molecule has 2 aromatic carbocycles. The van der Waals surface area contributed by atoms with Crippen LogP contribution in [0.3, 0.4) is 0 Å². The summed E-state index contributed by atoms with van der Waals surface area (Å²) in [4.78, 5) is 16.6. The zero-order chi connectivity index (χ0) is 19.1. The second-order valence-electron chi connectivity index (χ2n) is 5.83. The van der Waals surface area contributed by atoms with Gasteiger partial charge in [0.15, 0.2) is 11.5 Å². The average Bonchev–Trinajstić information content (AvgIpc) is 2.70. The lowest BCUT2D eigenvalue weighted by Gasteiger charge is -2.10. The number of hydrogen-bond acceptors (Lipinski definition) is 5. The van der Waals surface area contributed by atoms with Gasteiger partial charge in [0.2, 0.25) is 5.88 Å². The van der Waals surface area contributed by atoms with Crippen LogP contribution in [0, 0.1) is 0 Å². The van der Waals surface area contributed by atoms with Crippen molar-refractivity contribution in [2.45, 2.75) is 6.42 Å². The Labute approximate surface area is 170 Å². The van der Waals surface area contributed by atoms with Gasteiger partial charge in [-0.15, -0.1) is 12.4 Å². The molecule has 7 heteroatoms. The van der Waals surface area contributed by atoms with Crippen molar-refractivity contribution in [3.05, 3.63) is 78.0 Å². The molecule has 0 aliphatic rings. The third-order valence-corrected chi connectivity index (χ3v) is 3.93. The van der Waals surface area contributed by atoms with E-state index in [0.717, 1.165) is 12.0 Å². The summed E-state index contributed by atoms with van der Waals surface area (Å²) in [6.07, 6.45) is 2.34. The fraction of sp³-hybridized carbons (Fsp3) is 0.143. The molecule has 6 nitrogen and oxygen atoms in total. The Morgan fingerprint density at radius 3 is 2.36 bits per heavy atom. The molecule has 3 N–H and O–H groups in total. The number of carbonyl (C=O) groups excluding carboxylic acids is 1. The van der Waals surface area contributed by atoms with Gasteiger partial charge >= 0.3 is 0 Å². The smallest absolute Gasteiger partial charge is 0.255 e. The van der Waals surface area contributed by atoms with Crippen LogP contribution in [-0.4, -0.2) is 24.5 Å². The molecule has 0 aliphatic carbocycles. The number of para-hydroxylation sites is 2. The minimum Gasteiger partial charge on any atom is -0.493 e. The van der Waals surface area contributed by atoms with Crippen molar-refractivity contribution in [2.24, 2.45) is 5.73 Å². The molecule has 1 amide bonds. The van der Waals surface area contributed by atoms with E-state index in [0.29, 0.717) is 35.2 Å². The third kappa shape index (κ3) is 5.45. The maximum Gasteiger partial charge on any atom is 0.255 e. The first-order chi connectivity index (χ1) is 13.2. The van der Waals surface area contributed by atoms with Crippen LogP contribution in [0.1, 0.15) is 15.9 Å². The van der Waals surface area contributed by atoms with Gasteiger partial charge in [-0.05, 0) is 48.9 Å². The largest absolute Gasteiger partial charge is 0.493 e. The van der Waals surface area contributed by atoms with E-state index in [2.05, 4.69) is 10.3 Å². The maximum atomic E-state index is 12.3. The number of rotatable bonds is 7. The summed E-state index contributed by atoms with van der Waals surface area (Å²) in [5.74, 6) is 1.40. The van der Waals surface area contributed by atoms with Crippen LogP contribution in [0.15, 0.2) is 66.9 Å². The minimum atomic E-state index is -0.200. The molecule has 1 aromatic heterocycles. The molecule has 0 fully saturated rings. The number of benzene rings is 2. The molecule has 0 radical (unpaired) electrons. The van der Waals surface area contributed by atoms with E-state index in [4.69, 9.17) is 15.2 Å². The molecule has 3 rings (SSSR count). The SMILES string of the molecule is COc1ccccc1Oc1ccc(NC(=O)c2ccc(CCN)cc2)cn1.Cl. The summed E-state index contributed by atoms with van der Waals surface area (Å²) >= 11 is 0. The Balaban J connectivity index is 0.00000280. The van der Waals surface area contributed by atoms with Gasteiger partial charge in [-0.25, -0.2) is 4.98 Å². The van der Waals surface area contributed by atoms with Crippen molar-refractivity contribution < 1.29 is 14.3 Å². The van der Waals surface area contributed by atoms with Gasteiger partial charge in [0.25, 0.3) is 5.91 Å². The Kier molecular flexibility index (Phi) is 7.80. The summed E-state index contributed by atoms with van der Waals surface area (Å²) < 4.78 is 11.0. The molecule has 1 heterocycles. The van der Waals surface area contributed by atoms with E-state index >= 15 is 0 Å². The lowest BCUT2D eigenvalue weighted by Crippen LogP contribution is -2.12. The predicted octanol–water partition coefficient (Wildman–Crippen LogP) is 4.06. The fourth-order valence-electron chi connectivity index (χ4n) is 2.52. The number of nitrogens with zero attached hydrogens (tertiary/aromatic N) is 1. The Bertz CT molecular complexity index is 900. The third-order valence-electron chi connectivity index (χ3n) is 3.93. The number of anilines is 1. The van der Waals surface area contributed by atoms with Crippen LogP contribution in [0.5, 0.6) is 17.4 Å². The monoisotopic (exact) mass is 399 g/mol. The minimum absolute atomic E-state index is 0. The first-order valence-electron chi connectivity index (χ1n) is 8.57. The molecular formula is C21H22ClN3O3. The standard InChI is InChI=1S/C21H21N3O3.ClH/c1-26-18-4-2-3-5-19(18)27-20-11-10-17(14-23-20)24-21(25)16-8-6-15(7-9-16)12-13-22;/h2-11,14H,12-13,22H2,1H3,(H,24,25);1H. The zero-order valence-electron chi connectivity index (χ0n) is 15.4. The van der Waals surface area contributed by atoms with Gasteiger partial charge in [-0.3, -0.25) is 4.79 Å². The van der Waals surface area contributed by atoms with E-state index in [9.17, 15) is 4.79 Å². The van der Waals surface area contributed by atoms with Gasteiger partial charge in [-0.1, -0.05) is 24.3 Å². The highest BCUT2D eigenvalue weighted by Crippen LogP contribution is 2.30. The molecule has 3 aromatic rings. The molecule has 28 heavy (non-hydrogen) atoms. The number of hydrogen-bond donors (Lipinski definition) is 2. The molecule has 0 saturated carbocycles. The van der Waals surface area contributed by atoms with E-state index in [1.54, 1.807) is 43.6 Å². The molecule has 0 aliphatic heterocycles. The Morgan fingerprint density at radius 2 is 1.75 bits per heavy atom. The van der Waals surface area contributed by atoms with Crippen LogP contribution >= 0.6 is 12.4 Å². The Hall–Kier alpha value is -3.09. The number of nitrogens with two attached hydrogens (primary N) is 1. The predicted molar refractivity (Wildman–Crippen MR) is 112 cm³/mol. The van der Waals surface area contributed by atoms with Crippen molar-refractivity contribution >= 4 is 24.0 Å². The quantitative estimate of drug-likeness (QED) is 0.625. The van der Waals surface area contributed by atoms with Crippen molar-refractivity contribution in [3.63, 3.8) is 0 Å². The second-order valence-corrected chi connectivity index (χ2v) is 5.83. The number of nitrogens with one attached hydrogen (secondary N) is 1. The van der Waals surface area contributed by atoms with Gasteiger partial charge in [-0.2, -0.15) is 0 Å². The van der Waals surface area contributed by atoms with E-state index in [1.165, 1.54) is 0 Å². The first-order valence-corrected chi connectivity index (χ1v) is 8.57. The Morgan fingerprint density at radius 1 is 1.04 bits per heavy atom. The van der Waals surface area contributed by atoms with Crippen molar-refractivity contribution in [3.8, 4) is 17.4 Å². The van der Waals surface area contributed by atoms with Crippen LogP contribution in [-0.2, 0) is 6.42 Å². The van der Waals surface area contributed by atoms with Gasteiger partial charge in [0.05, 0.1) is 19.0 Å². The molecule has 0 spiro atoms. The van der Waals surface area contributed by atoms with E-state index < -0.39 is 0 Å². The number of carbonyl (C=O) groups is 1. The van der Waals surface area contributed by atoms with Crippen LogP contribution < -0.4 is 20.5 Å². The first kappa shape index (κ1) is 21.2. The van der Waals surface area contributed by atoms with Crippen molar-refractivity contribution in [1.29, 1.82) is 0 Å². The number of methoxy groups -OCH3 is 1. The molecule has 0 atom stereocenters. The van der Waals surface area contributed by atoms with Crippen LogP contribution in [0.4, 0.5) is 5.69 Å². The van der Waals surface area contributed by atoms with Crippen molar-refractivity contribution in [1.82, 2.24) is 4.98 Å². The highest BCUT2D eigenvalue weighted by Gasteiger charge is 2.08. The average molecular weight is 400 g/mol. The number of halogens is 1. The summed E-state index contributed by atoms with van der Waals surface area (Å²) in [6.45, 7) is 0.584. The number of aromatic nitrogens is 1. The van der Waals surface area contributed by atoms with Crippen LogP contribution in [0.2, 0.25) is 0 Å². The highest BCUT2D eigenvalue weighted by atomic mass is 35.5. The molecule has 0 saturated heterocycles. The summed E-state index contributed by atoms with van der Waals surface area (Å²) in [6, 6.07) is 18.1. The van der Waals surface area contributed by atoms with Gasteiger partial charge in [0, 0.05) is 11.6 Å². The topological polar surface area (TPSA) is 86.5 Å². The zero-order valence-corrected chi connectivity index (χ0v) is 16.2. The molecular weight excluding hydrogens is 378 g/mol. The summed E-state index contributed by atoms with van der Waals surface area (Å²) in [5, 5.41) is 2.82. The van der Waals surface area contributed by atoms with Gasteiger partial charge in [0.1, 0.15) is 0 Å². The normalized spacial score (nSPS) is 9.93. The highest BCUT2D eigenvalue weighted by molar-refractivity contribution is 6.04. The second kappa shape index (κ2) is 10.3. The van der Waals surface area contributed by atoms with E-state index in [-0.39, 0.29) is 18.3 Å². The number of amides is 1. The maximum absolute atomic E-state index is 12.3. The van der Waals surface area contributed by atoms with Crippen molar-refractivity contribution in [2.75, 3.05) is 19.0 Å².